The van der Waals surface area contributed by atoms with Gasteiger partial charge in [0.2, 0.25) is 0 Å². The van der Waals surface area contributed by atoms with E-state index in [4.69, 9.17) is 5.11 Å². The van der Waals surface area contributed by atoms with E-state index in [1.165, 1.54) is 12.1 Å². The van der Waals surface area contributed by atoms with Gasteiger partial charge in [0.15, 0.2) is 0 Å². The molecule has 2 aliphatic rings. The van der Waals surface area contributed by atoms with Crippen molar-refractivity contribution in [3.63, 3.8) is 0 Å². The second-order valence-electron chi connectivity index (χ2n) is 8.81. The highest BCUT2D eigenvalue weighted by Gasteiger charge is 2.30. The molecule has 2 fully saturated rings. The van der Waals surface area contributed by atoms with Gasteiger partial charge < -0.3 is 15.0 Å². The van der Waals surface area contributed by atoms with Crippen LogP contribution < -0.4 is 5.32 Å². The lowest BCUT2D eigenvalue weighted by Crippen LogP contribution is -2.39. The Balaban J connectivity index is 0.000000336. The number of hydrogen-bond donors (Lipinski definition) is 2. The van der Waals surface area contributed by atoms with Gasteiger partial charge in [0, 0.05) is 12.6 Å². The fraction of sp³-hybridized carbons (Fsp3) is 0.400. The van der Waals surface area contributed by atoms with Gasteiger partial charge in [-0.25, -0.2) is 4.98 Å². The Bertz CT molecular complexity index is 1160. The lowest BCUT2D eigenvalue weighted by Gasteiger charge is -2.26. The van der Waals surface area contributed by atoms with Crippen molar-refractivity contribution in [3.8, 4) is 0 Å². The molecule has 1 aromatic heterocycles. The lowest BCUT2D eigenvalue weighted by atomic mass is 9.86. The number of carbonyl (C=O) groups is 2. The first-order valence-electron chi connectivity index (χ1n) is 11.4. The molecule has 2 saturated carbocycles. The van der Waals surface area contributed by atoms with E-state index >= 15 is 0 Å². The second kappa shape index (κ2) is 9.87. The summed E-state index contributed by atoms with van der Waals surface area (Å²) in [5, 5.41) is 11.3. The largest absolute Gasteiger partial charge is 0.481 e. The number of fused-ring (bicyclic) bond motifs is 1. The molecule has 0 aliphatic heterocycles. The monoisotopic (exact) mass is 473 g/mol. The zero-order chi connectivity index (χ0) is 24.3. The molecule has 5 rings (SSSR count). The lowest BCUT2D eigenvalue weighted by molar-refractivity contribution is -0.144. The predicted octanol–water partition coefficient (Wildman–Crippen LogP) is 5.26. The van der Waals surface area contributed by atoms with E-state index in [2.05, 4.69) is 10.3 Å². The summed E-state index contributed by atoms with van der Waals surface area (Å²) >= 11 is 0. The minimum Gasteiger partial charge on any atom is -0.481 e. The van der Waals surface area contributed by atoms with Crippen LogP contribution in [0.15, 0.2) is 48.8 Å². The SMILES string of the molecule is O=C(NC1CCC1)c1cccc2ncn(Cc3ccc(C(F)(F)F)cc3)c12.O=C(O)C1CCC1. The van der Waals surface area contributed by atoms with E-state index in [1.54, 1.807) is 23.0 Å². The van der Waals surface area contributed by atoms with E-state index in [1.807, 2.05) is 6.07 Å². The molecule has 3 aromatic rings. The van der Waals surface area contributed by atoms with Crippen molar-refractivity contribution in [1.29, 1.82) is 0 Å². The van der Waals surface area contributed by atoms with Crippen LogP contribution in [0.3, 0.4) is 0 Å². The highest BCUT2D eigenvalue weighted by atomic mass is 19.4. The maximum atomic E-state index is 12.7. The molecular formula is C25H26F3N3O3. The third-order valence-corrected chi connectivity index (χ3v) is 6.41. The van der Waals surface area contributed by atoms with Crippen LogP contribution in [-0.4, -0.2) is 32.6 Å². The van der Waals surface area contributed by atoms with Crippen molar-refractivity contribution < 1.29 is 27.9 Å². The normalized spacial score (nSPS) is 16.2. The minimum absolute atomic E-state index is 0.000000000000000444. The number of nitrogens with zero attached hydrogens (tertiary/aromatic N) is 2. The third-order valence-electron chi connectivity index (χ3n) is 6.41. The third kappa shape index (κ3) is 5.40. The van der Waals surface area contributed by atoms with Gasteiger partial charge in [-0.1, -0.05) is 24.6 Å². The highest BCUT2D eigenvalue weighted by Crippen LogP contribution is 2.29. The topological polar surface area (TPSA) is 84.2 Å². The molecule has 1 heterocycles. The van der Waals surface area contributed by atoms with Gasteiger partial charge in [-0.15, -0.1) is 0 Å². The number of halogens is 3. The van der Waals surface area contributed by atoms with Crippen molar-refractivity contribution in [2.75, 3.05) is 0 Å². The number of rotatable bonds is 5. The van der Waals surface area contributed by atoms with Crippen molar-refractivity contribution in [2.24, 2.45) is 5.92 Å². The highest BCUT2D eigenvalue weighted by molar-refractivity contribution is 6.05. The number of para-hydroxylation sites is 1. The van der Waals surface area contributed by atoms with Gasteiger partial charge in [-0.05, 0) is 61.9 Å². The molecule has 0 spiro atoms. The van der Waals surface area contributed by atoms with Crippen LogP contribution in [0.5, 0.6) is 0 Å². The standard InChI is InChI=1S/C20H18F3N3O.C5H8O2/c21-20(22,23)14-9-7-13(8-10-14)11-26-12-24-17-6-2-5-16(18(17)26)19(27)25-15-3-1-4-15;6-5(7)4-2-1-3-4/h2,5-10,12,15H,1,3-4,11H2,(H,25,27);4H,1-3H2,(H,6,7). The summed E-state index contributed by atoms with van der Waals surface area (Å²) in [6.45, 7) is 0.336. The molecule has 1 amide bonds. The van der Waals surface area contributed by atoms with Crippen molar-refractivity contribution >= 4 is 22.9 Å². The maximum Gasteiger partial charge on any atom is 0.416 e. The number of benzene rings is 2. The number of carbonyl (C=O) groups excluding carboxylic acids is 1. The van der Waals surface area contributed by atoms with E-state index in [9.17, 15) is 22.8 Å². The Labute approximate surface area is 194 Å². The summed E-state index contributed by atoms with van der Waals surface area (Å²) in [4.78, 5) is 27.0. The van der Waals surface area contributed by atoms with Gasteiger partial charge in [0.05, 0.1) is 34.4 Å². The predicted molar refractivity (Wildman–Crippen MR) is 120 cm³/mol. The number of nitrogens with one attached hydrogen (secondary N) is 1. The van der Waals surface area contributed by atoms with E-state index < -0.39 is 17.7 Å². The smallest absolute Gasteiger partial charge is 0.416 e. The fourth-order valence-corrected chi connectivity index (χ4v) is 3.90. The molecular weight excluding hydrogens is 447 g/mol. The van der Waals surface area contributed by atoms with Gasteiger partial charge in [0.1, 0.15) is 0 Å². The summed E-state index contributed by atoms with van der Waals surface area (Å²) in [5.74, 6) is -0.759. The maximum absolute atomic E-state index is 12.7. The van der Waals surface area contributed by atoms with Crippen LogP contribution in [0.1, 0.15) is 60.0 Å². The molecule has 0 atom stereocenters. The number of imidazole rings is 1. The van der Waals surface area contributed by atoms with Crippen LogP contribution in [0.25, 0.3) is 11.0 Å². The number of hydrogen-bond acceptors (Lipinski definition) is 3. The van der Waals surface area contributed by atoms with Crippen LogP contribution in [0.2, 0.25) is 0 Å². The number of aliphatic carboxylic acids is 1. The Kier molecular flexibility index (Phi) is 6.90. The quantitative estimate of drug-likeness (QED) is 0.530. The second-order valence-corrected chi connectivity index (χ2v) is 8.81. The molecule has 180 valence electrons. The molecule has 2 aromatic carbocycles. The van der Waals surface area contributed by atoms with Gasteiger partial charge >= 0.3 is 12.1 Å². The van der Waals surface area contributed by atoms with Gasteiger partial charge in [0.25, 0.3) is 5.91 Å². The zero-order valence-electron chi connectivity index (χ0n) is 18.5. The van der Waals surface area contributed by atoms with Crippen molar-refractivity contribution in [3.05, 3.63) is 65.5 Å². The van der Waals surface area contributed by atoms with E-state index in [-0.39, 0.29) is 17.9 Å². The molecule has 0 saturated heterocycles. The Morgan fingerprint density at radius 1 is 1.03 bits per heavy atom. The fourth-order valence-electron chi connectivity index (χ4n) is 3.90. The first-order chi connectivity index (χ1) is 16.2. The molecule has 9 heteroatoms. The average molecular weight is 473 g/mol. The number of aromatic nitrogens is 2. The Morgan fingerprint density at radius 2 is 1.71 bits per heavy atom. The minimum atomic E-state index is -4.35. The molecule has 2 aliphatic carbocycles. The molecule has 0 bridgehead atoms. The summed E-state index contributed by atoms with van der Waals surface area (Å²) in [7, 11) is 0. The number of alkyl halides is 3. The van der Waals surface area contributed by atoms with Gasteiger partial charge in [-0.2, -0.15) is 13.2 Å². The number of carboxylic acid groups (broad SMARTS) is 1. The number of amides is 1. The van der Waals surface area contributed by atoms with Crippen LogP contribution in [-0.2, 0) is 17.5 Å². The molecule has 2 N–H and O–H groups in total. The average Bonchev–Trinajstić information content (AvgIpc) is 3.12. The van der Waals surface area contributed by atoms with E-state index in [0.29, 0.717) is 28.7 Å². The molecule has 0 unspecified atom stereocenters. The first kappa shape index (κ1) is 23.8. The Hall–Kier alpha value is -3.36. The van der Waals surface area contributed by atoms with Gasteiger partial charge in [-0.3, -0.25) is 9.59 Å². The summed E-state index contributed by atoms with van der Waals surface area (Å²) in [6, 6.07) is 10.6. The summed E-state index contributed by atoms with van der Waals surface area (Å²) in [5.41, 5.74) is 1.93. The summed E-state index contributed by atoms with van der Waals surface area (Å²) in [6.07, 6.45) is 3.27. The number of carboxylic acids is 1. The Morgan fingerprint density at radius 3 is 2.21 bits per heavy atom. The first-order valence-corrected chi connectivity index (χ1v) is 11.4. The van der Waals surface area contributed by atoms with Crippen molar-refractivity contribution in [1.82, 2.24) is 14.9 Å². The molecule has 34 heavy (non-hydrogen) atoms. The van der Waals surface area contributed by atoms with Crippen molar-refractivity contribution in [2.45, 2.75) is 57.3 Å². The molecule has 6 nitrogen and oxygen atoms in total. The zero-order valence-corrected chi connectivity index (χ0v) is 18.5. The molecule has 0 radical (unpaired) electrons. The van der Waals surface area contributed by atoms with Crippen LogP contribution >= 0.6 is 0 Å². The summed E-state index contributed by atoms with van der Waals surface area (Å²) < 4.78 is 40.0. The van der Waals surface area contributed by atoms with E-state index in [0.717, 1.165) is 50.7 Å². The van der Waals surface area contributed by atoms with Crippen LogP contribution in [0, 0.1) is 5.92 Å². The van der Waals surface area contributed by atoms with Crippen LogP contribution in [0.4, 0.5) is 13.2 Å².